The normalized spacial score (nSPS) is 25.6. The quantitative estimate of drug-likeness (QED) is 0.639. The maximum atomic E-state index is 11.7. The van der Waals surface area contributed by atoms with E-state index < -0.39 is 29.8 Å². The third-order valence-electron chi connectivity index (χ3n) is 2.20. The highest BCUT2D eigenvalue weighted by Crippen LogP contribution is 2.21. The Balaban J connectivity index is 2.71. The molecular formula is C10H17NO5. The van der Waals surface area contributed by atoms with E-state index >= 15 is 0 Å². The van der Waals surface area contributed by atoms with Gasteiger partial charge in [-0.25, -0.2) is 9.59 Å². The number of carbonyl (C=O) groups is 2. The first kappa shape index (κ1) is 12.8. The van der Waals surface area contributed by atoms with Crippen LogP contribution in [0, 0.1) is 0 Å². The number of esters is 1. The smallest absolute Gasteiger partial charge is 0.408 e. The number of hydrogen-bond donors (Lipinski definition) is 2. The lowest BCUT2D eigenvalue weighted by molar-refractivity contribution is -0.159. The number of aliphatic hydroxyl groups excluding tert-OH is 1. The average Bonchev–Trinajstić information content (AvgIpc) is 2.44. The Labute approximate surface area is 93.8 Å². The number of carboxylic acid groups (broad SMARTS) is 1. The number of rotatable bonds is 1. The van der Waals surface area contributed by atoms with Crippen LogP contribution >= 0.6 is 0 Å². The second kappa shape index (κ2) is 4.29. The molecule has 0 bridgehead atoms. The Morgan fingerprint density at radius 1 is 1.38 bits per heavy atom. The second-order valence-corrected chi connectivity index (χ2v) is 4.87. The van der Waals surface area contributed by atoms with Crippen LogP contribution in [-0.2, 0) is 9.53 Å². The molecule has 2 unspecified atom stereocenters. The van der Waals surface area contributed by atoms with Crippen LogP contribution in [0.4, 0.5) is 4.79 Å². The molecular weight excluding hydrogens is 214 g/mol. The molecule has 1 aliphatic heterocycles. The number of aliphatic hydroxyl groups is 1. The first-order chi connectivity index (χ1) is 7.20. The number of likely N-dealkylation sites (tertiary alicyclic amines) is 1. The average molecular weight is 231 g/mol. The summed E-state index contributed by atoms with van der Waals surface area (Å²) < 4.78 is 5.10. The van der Waals surface area contributed by atoms with Crippen molar-refractivity contribution in [2.24, 2.45) is 0 Å². The summed E-state index contributed by atoms with van der Waals surface area (Å²) >= 11 is 0. The molecule has 0 aromatic carbocycles. The van der Waals surface area contributed by atoms with Crippen LogP contribution in [-0.4, -0.2) is 51.5 Å². The summed E-state index contributed by atoms with van der Waals surface area (Å²) in [5.41, 5.74) is -0.658. The van der Waals surface area contributed by atoms with Crippen LogP contribution in [0.25, 0.3) is 0 Å². The lowest BCUT2D eigenvalue weighted by atomic mass is 10.1. The van der Waals surface area contributed by atoms with Crippen LogP contribution in [0.2, 0.25) is 0 Å². The van der Waals surface area contributed by atoms with Gasteiger partial charge in [0.2, 0.25) is 0 Å². The van der Waals surface area contributed by atoms with Crippen molar-refractivity contribution in [3.8, 4) is 0 Å². The molecule has 0 saturated carbocycles. The van der Waals surface area contributed by atoms with Crippen molar-refractivity contribution >= 4 is 12.1 Å². The van der Waals surface area contributed by atoms with Crippen molar-refractivity contribution in [2.75, 3.05) is 6.54 Å². The predicted molar refractivity (Wildman–Crippen MR) is 55.0 cm³/mol. The number of β-amino-alcohol motifs (C(OH)–C–C–N with tert-alkyl or cyclic N) is 1. The molecule has 16 heavy (non-hydrogen) atoms. The molecule has 0 aliphatic carbocycles. The predicted octanol–water partition coefficient (Wildman–Crippen LogP) is 0.441. The number of carbonyl (C=O) groups excluding carboxylic acids is 1. The van der Waals surface area contributed by atoms with Crippen molar-refractivity contribution in [1.82, 2.24) is 4.90 Å². The van der Waals surface area contributed by atoms with E-state index in [1.165, 1.54) is 0 Å². The fourth-order valence-electron chi connectivity index (χ4n) is 1.62. The molecule has 2 atom stereocenters. The molecule has 1 saturated heterocycles. The first-order valence-corrected chi connectivity index (χ1v) is 5.11. The highest BCUT2D eigenvalue weighted by molar-refractivity contribution is 5.81. The fraction of sp³-hybridized carbons (Fsp3) is 0.800. The van der Waals surface area contributed by atoms with Gasteiger partial charge in [0.15, 0.2) is 0 Å². The fourth-order valence-corrected chi connectivity index (χ4v) is 1.62. The molecule has 1 heterocycles. The van der Waals surface area contributed by atoms with Gasteiger partial charge in [0.1, 0.15) is 11.6 Å². The van der Waals surface area contributed by atoms with E-state index in [0.29, 0.717) is 0 Å². The molecule has 1 aliphatic rings. The zero-order valence-corrected chi connectivity index (χ0v) is 9.64. The van der Waals surface area contributed by atoms with Gasteiger partial charge in [-0.15, -0.1) is 0 Å². The summed E-state index contributed by atoms with van der Waals surface area (Å²) in [6.45, 7) is 5.09. The maximum Gasteiger partial charge on any atom is 0.408 e. The minimum absolute atomic E-state index is 0.0424. The van der Waals surface area contributed by atoms with Crippen LogP contribution in [0.1, 0.15) is 27.2 Å². The van der Waals surface area contributed by atoms with Crippen LogP contribution in [0.5, 0.6) is 0 Å². The molecule has 0 spiro atoms. The molecule has 6 nitrogen and oxygen atoms in total. The molecule has 1 amide bonds. The molecule has 6 heteroatoms. The van der Waals surface area contributed by atoms with Gasteiger partial charge >= 0.3 is 12.1 Å². The zero-order valence-electron chi connectivity index (χ0n) is 9.64. The highest BCUT2D eigenvalue weighted by Gasteiger charge is 2.41. The highest BCUT2D eigenvalue weighted by atomic mass is 16.6. The number of nitrogens with zero attached hydrogens (tertiary/aromatic N) is 1. The van der Waals surface area contributed by atoms with Gasteiger partial charge in [0.25, 0.3) is 0 Å². The zero-order chi connectivity index (χ0) is 12.5. The minimum Gasteiger partial charge on any atom is -0.465 e. The number of hydrogen-bond acceptors (Lipinski definition) is 4. The molecule has 0 radical (unpaired) electrons. The number of amides is 1. The second-order valence-electron chi connectivity index (χ2n) is 4.87. The SMILES string of the molecule is CC(C)(C)OC(=O)C1CC(O)CN1C(=O)O. The van der Waals surface area contributed by atoms with E-state index in [2.05, 4.69) is 0 Å². The standard InChI is InChI=1S/C10H17NO5/c1-10(2,3)16-8(13)7-4-6(12)5-11(7)9(14)15/h6-7,12H,4-5H2,1-3H3,(H,14,15). The summed E-state index contributed by atoms with van der Waals surface area (Å²) in [5, 5.41) is 18.2. The van der Waals surface area contributed by atoms with Crippen molar-refractivity contribution in [3.05, 3.63) is 0 Å². The summed E-state index contributed by atoms with van der Waals surface area (Å²) in [6, 6.07) is -0.897. The summed E-state index contributed by atoms with van der Waals surface area (Å²) in [5.74, 6) is -0.605. The Morgan fingerprint density at radius 3 is 2.38 bits per heavy atom. The van der Waals surface area contributed by atoms with Gasteiger partial charge in [-0.2, -0.15) is 0 Å². The maximum absolute atomic E-state index is 11.7. The van der Waals surface area contributed by atoms with Crippen LogP contribution in [0.15, 0.2) is 0 Å². The lowest BCUT2D eigenvalue weighted by Gasteiger charge is -2.25. The van der Waals surface area contributed by atoms with Gasteiger partial charge in [-0.05, 0) is 20.8 Å². The van der Waals surface area contributed by atoms with Gasteiger partial charge in [-0.3, -0.25) is 4.90 Å². The monoisotopic (exact) mass is 231 g/mol. The molecule has 1 rings (SSSR count). The third-order valence-corrected chi connectivity index (χ3v) is 2.20. The van der Waals surface area contributed by atoms with E-state index in [1.807, 2.05) is 0 Å². The topological polar surface area (TPSA) is 87.1 Å². The summed E-state index contributed by atoms with van der Waals surface area (Å²) in [7, 11) is 0. The minimum atomic E-state index is -1.22. The van der Waals surface area contributed by atoms with Crippen molar-refractivity contribution < 1.29 is 24.5 Å². The number of ether oxygens (including phenoxy) is 1. The summed E-state index contributed by atoms with van der Waals surface area (Å²) in [6.07, 6.45) is -1.91. The molecule has 0 aromatic heterocycles. The van der Waals surface area contributed by atoms with Gasteiger partial charge in [0.05, 0.1) is 12.6 Å². The van der Waals surface area contributed by atoms with Crippen molar-refractivity contribution in [2.45, 2.75) is 44.9 Å². The van der Waals surface area contributed by atoms with E-state index in [0.717, 1.165) is 4.90 Å². The Morgan fingerprint density at radius 2 is 1.94 bits per heavy atom. The third kappa shape index (κ3) is 3.10. The van der Waals surface area contributed by atoms with Gasteiger partial charge in [-0.1, -0.05) is 0 Å². The van der Waals surface area contributed by atoms with E-state index in [9.17, 15) is 14.7 Å². The van der Waals surface area contributed by atoms with E-state index in [-0.39, 0.29) is 13.0 Å². The van der Waals surface area contributed by atoms with E-state index in [1.54, 1.807) is 20.8 Å². The first-order valence-electron chi connectivity index (χ1n) is 5.11. The Hall–Kier alpha value is -1.30. The van der Waals surface area contributed by atoms with Crippen LogP contribution in [0.3, 0.4) is 0 Å². The molecule has 2 N–H and O–H groups in total. The van der Waals surface area contributed by atoms with E-state index in [4.69, 9.17) is 9.84 Å². The lowest BCUT2D eigenvalue weighted by Crippen LogP contribution is -2.42. The Kier molecular flexibility index (Phi) is 3.42. The van der Waals surface area contributed by atoms with Gasteiger partial charge < -0.3 is 14.9 Å². The van der Waals surface area contributed by atoms with Crippen molar-refractivity contribution in [1.29, 1.82) is 0 Å². The molecule has 1 fully saturated rings. The largest absolute Gasteiger partial charge is 0.465 e. The molecule has 92 valence electrons. The van der Waals surface area contributed by atoms with Gasteiger partial charge in [0, 0.05) is 6.42 Å². The van der Waals surface area contributed by atoms with Crippen LogP contribution < -0.4 is 0 Å². The summed E-state index contributed by atoms with van der Waals surface area (Å²) in [4.78, 5) is 23.4. The molecule has 0 aromatic rings. The van der Waals surface area contributed by atoms with Crippen molar-refractivity contribution in [3.63, 3.8) is 0 Å². The Bertz CT molecular complexity index is 296.